The lowest BCUT2D eigenvalue weighted by Gasteiger charge is -2.35. The van der Waals surface area contributed by atoms with Crippen LogP contribution in [0.5, 0.6) is 5.75 Å². The van der Waals surface area contributed by atoms with Crippen molar-refractivity contribution in [2.24, 2.45) is 0 Å². The molecule has 8 heteroatoms. The van der Waals surface area contributed by atoms with Crippen molar-refractivity contribution < 1.29 is 9.13 Å². The molecule has 1 atom stereocenters. The summed E-state index contributed by atoms with van der Waals surface area (Å²) in [5, 5.41) is 3.09. The highest BCUT2D eigenvalue weighted by molar-refractivity contribution is 5.61. The fourth-order valence-electron chi connectivity index (χ4n) is 3.28. The van der Waals surface area contributed by atoms with E-state index in [1.54, 1.807) is 35.4 Å². The average molecular weight is 382 g/mol. The minimum absolute atomic E-state index is 0.241. The monoisotopic (exact) mass is 382 g/mol. The molecule has 0 radical (unpaired) electrons. The predicted molar refractivity (Wildman–Crippen MR) is 106 cm³/mol. The number of fused-ring (bicyclic) bond motifs is 1. The zero-order chi connectivity index (χ0) is 19.7. The minimum Gasteiger partial charge on any atom is -0.486 e. The van der Waals surface area contributed by atoms with Crippen molar-refractivity contribution in [2.75, 3.05) is 23.4 Å². The maximum absolute atomic E-state index is 14.6. The molecule has 0 unspecified atom stereocenters. The van der Waals surface area contributed by atoms with Crippen LogP contribution in [0, 0.1) is 12.7 Å². The fourth-order valence-corrected chi connectivity index (χ4v) is 3.28. The van der Waals surface area contributed by atoms with Gasteiger partial charge in [-0.25, -0.2) is 14.4 Å². The SMILES string of the molecule is CCCN1c2nc(Nc3ccc(-n4cnc(C)c4)c(F)c3)ncc2OC[C@H]1C. The van der Waals surface area contributed by atoms with Crippen LogP contribution in [0.1, 0.15) is 26.0 Å². The molecule has 1 aliphatic rings. The van der Waals surface area contributed by atoms with E-state index in [0.717, 1.165) is 24.5 Å². The zero-order valence-electron chi connectivity index (χ0n) is 16.2. The summed E-state index contributed by atoms with van der Waals surface area (Å²) in [4.78, 5) is 15.3. The summed E-state index contributed by atoms with van der Waals surface area (Å²) in [7, 11) is 0. The van der Waals surface area contributed by atoms with Gasteiger partial charge in [-0.15, -0.1) is 0 Å². The summed E-state index contributed by atoms with van der Waals surface area (Å²) >= 11 is 0. The topological polar surface area (TPSA) is 68.1 Å². The quantitative estimate of drug-likeness (QED) is 0.723. The Morgan fingerprint density at radius 1 is 1.32 bits per heavy atom. The summed E-state index contributed by atoms with van der Waals surface area (Å²) in [6, 6.07) is 5.16. The van der Waals surface area contributed by atoms with Crippen LogP contribution < -0.4 is 15.0 Å². The number of anilines is 3. The molecular formula is C20H23FN6O. The molecule has 0 spiro atoms. The first kappa shape index (κ1) is 18.2. The van der Waals surface area contributed by atoms with E-state index < -0.39 is 0 Å². The van der Waals surface area contributed by atoms with Crippen LogP contribution in [-0.4, -0.2) is 38.7 Å². The average Bonchev–Trinajstić information content (AvgIpc) is 3.10. The number of benzene rings is 1. The Morgan fingerprint density at radius 2 is 2.18 bits per heavy atom. The first-order valence-electron chi connectivity index (χ1n) is 9.39. The number of imidazole rings is 1. The Labute approximate surface area is 163 Å². The number of rotatable bonds is 5. The summed E-state index contributed by atoms with van der Waals surface area (Å²) in [5.41, 5.74) is 1.84. The molecule has 3 aromatic rings. The van der Waals surface area contributed by atoms with Gasteiger partial charge in [-0.3, -0.25) is 0 Å². The second kappa shape index (κ2) is 7.46. The minimum atomic E-state index is -0.357. The number of hydrogen-bond donors (Lipinski definition) is 1. The molecule has 2 aromatic heterocycles. The molecule has 0 saturated heterocycles. The number of aromatic nitrogens is 4. The number of halogens is 1. The van der Waals surface area contributed by atoms with Gasteiger partial charge in [0.1, 0.15) is 12.4 Å². The van der Waals surface area contributed by atoms with E-state index in [0.29, 0.717) is 29.7 Å². The Bertz CT molecular complexity index is 989. The molecule has 0 amide bonds. The van der Waals surface area contributed by atoms with Gasteiger partial charge in [-0.05, 0) is 38.5 Å². The second-order valence-electron chi connectivity index (χ2n) is 6.95. The second-order valence-corrected chi connectivity index (χ2v) is 6.95. The summed E-state index contributed by atoms with van der Waals surface area (Å²) in [6.07, 6.45) is 6.05. The maximum atomic E-state index is 14.6. The molecule has 1 N–H and O–H groups in total. The molecule has 0 aliphatic carbocycles. The molecule has 4 rings (SSSR count). The Hall–Kier alpha value is -3.16. The van der Waals surface area contributed by atoms with E-state index in [9.17, 15) is 4.39 Å². The first-order chi connectivity index (χ1) is 13.5. The van der Waals surface area contributed by atoms with Crippen molar-refractivity contribution in [1.82, 2.24) is 19.5 Å². The number of nitrogens with one attached hydrogen (secondary N) is 1. The zero-order valence-corrected chi connectivity index (χ0v) is 16.2. The summed E-state index contributed by atoms with van der Waals surface area (Å²) in [5.74, 6) is 1.49. The predicted octanol–water partition coefficient (Wildman–Crippen LogP) is 3.85. The molecule has 0 fully saturated rings. The fraction of sp³-hybridized carbons (Fsp3) is 0.350. The van der Waals surface area contributed by atoms with Gasteiger partial charge in [0.2, 0.25) is 5.95 Å². The van der Waals surface area contributed by atoms with Gasteiger partial charge >= 0.3 is 0 Å². The summed E-state index contributed by atoms with van der Waals surface area (Å²) in [6.45, 7) is 7.61. The molecule has 1 aromatic carbocycles. The van der Waals surface area contributed by atoms with E-state index in [4.69, 9.17) is 4.74 Å². The molecule has 28 heavy (non-hydrogen) atoms. The molecule has 0 bridgehead atoms. The largest absolute Gasteiger partial charge is 0.486 e. The standard InChI is InChI=1S/C20H23FN6O/c1-4-7-27-14(3)11-28-18-9-22-20(25-19(18)27)24-15-5-6-17(16(21)8-15)26-10-13(2)23-12-26/h5-6,8-10,12,14H,4,7,11H2,1-3H3,(H,22,24,25)/t14-/m1/s1. The highest BCUT2D eigenvalue weighted by Gasteiger charge is 2.26. The van der Waals surface area contributed by atoms with E-state index in [1.807, 2.05) is 6.92 Å². The van der Waals surface area contributed by atoms with Gasteiger partial charge in [0.15, 0.2) is 11.6 Å². The number of aryl methyl sites for hydroxylation is 1. The third-order valence-corrected chi connectivity index (χ3v) is 4.68. The Kier molecular flexibility index (Phi) is 4.85. The van der Waals surface area contributed by atoms with Gasteiger partial charge in [-0.1, -0.05) is 6.92 Å². The maximum Gasteiger partial charge on any atom is 0.229 e. The lowest BCUT2D eigenvalue weighted by Crippen LogP contribution is -2.42. The first-order valence-corrected chi connectivity index (χ1v) is 9.39. The highest BCUT2D eigenvalue weighted by atomic mass is 19.1. The van der Waals surface area contributed by atoms with Crippen molar-refractivity contribution in [3.05, 3.63) is 48.4 Å². The molecule has 0 saturated carbocycles. The van der Waals surface area contributed by atoms with Gasteiger partial charge in [0.05, 0.1) is 29.9 Å². The van der Waals surface area contributed by atoms with Gasteiger partial charge in [-0.2, -0.15) is 4.98 Å². The molecule has 7 nitrogen and oxygen atoms in total. The van der Waals surface area contributed by atoms with Crippen molar-refractivity contribution >= 4 is 17.5 Å². The van der Waals surface area contributed by atoms with Gasteiger partial charge in [0, 0.05) is 18.4 Å². The van der Waals surface area contributed by atoms with Crippen LogP contribution in [-0.2, 0) is 0 Å². The summed E-state index contributed by atoms with van der Waals surface area (Å²) < 4.78 is 22.0. The Balaban J connectivity index is 1.59. The molecular weight excluding hydrogens is 359 g/mol. The van der Waals surface area contributed by atoms with E-state index in [1.165, 1.54) is 6.07 Å². The number of ether oxygens (including phenoxy) is 1. The molecule has 146 valence electrons. The van der Waals surface area contributed by atoms with Crippen molar-refractivity contribution in [3.63, 3.8) is 0 Å². The third-order valence-electron chi connectivity index (χ3n) is 4.68. The van der Waals surface area contributed by atoms with Crippen LogP contribution in [0.25, 0.3) is 5.69 Å². The van der Waals surface area contributed by atoms with E-state index in [2.05, 4.69) is 39.0 Å². The van der Waals surface area contributed by atoms with E-state index >= 15 is 0 Å². The van der Waals surface area contributed by atoms with Gasteiger partial charge in [0.25, 0.3) is 0 Å². The van der Waals surface area contributed by atoms with Crippen LogP contribution in [0.3, 0.4) is 0 Å². The highest BCUT2D eigenvalue weighted by Crippen LogP contribution is 2.32. The van der Waals surface area contributed by atoms with Crippen LogP contribution in [0.2, 0.25) is 0 Å². The normalized spacial score (nSPS) is 15.9. The third kappa shape index (κ3) is 3.49. The van der Waals surface area contributed by atoms with Gasteiger partial charge < -0.3 is 19.5 Å². The van der Waals surface area contributed by atoms with Crippen LogP contribution in [0.4, 0.5) is 21.8 Å². The van der Waals surface area contributed by atoms with Crippen LogP contribution in [0.15, 0.2) is 36.9 Å². The number of nitrogens with zero attached hydrogens (tertiary/aromatic N) is 5. The van der Waals surface area contributed by atoms with E-state index in [-0.39, 0.29) is 11.9 Å². The lowest BCUT2D eigenvalue weighted by atomic mass is 10.2. The van der Waals surface area contributed by atoms with Crippen molar-refractivity contribution in [1.29, 1.82) is 0 Å². The molecule has 3 heterocycles. The lowest BCUT2D eigenvalue weighted by molar-refractivity contribution is 0.266. The van der Waals surface area contributed by atoms with Crippen molar-refractivity contribution in [3.8, 4) is 11.4 Å². The van der Waals surface area contributed by atoms with Crippen LogP contribution >= 0.6 is 0 Å². The molecule has 1 aliphatic heterocycles. The smallest absolute Gasteiger partial charge is 0.229 e. The Morgan fingerprint density at radius 3 is 2.89 bits per heavy atom. The number of hydrogen-bond acceptors (Lipinski definition) is 6. The van der Waals surface area contributed by atoms with Crippen molar-refractivity contribution in [2.45, 2.75) is 33.2 Å².